The molecule has 0 aliphatic rings. The third kappa shape index (κ3) is 5.50. The standard InChI is InChI=1S/C19H18BrClN4O2S/c1-12(27-16-8-6-13(20)7-9-16)18-23-24-19(25(18)2)28-11-17(26)22-15-5-3-4-14(21)10-15/h3-10,12H,11H2,1-2H3,(H,22,26). The van der Waals surface area contributed by atoms with Crippen LogP contribution in [0.5, 0.6) is 5.75 Å². The lowest BCUT2D eigenvalue weighted by Gasteiger charge is -2.14. The monoisotopic (exact) mass is 480 g/mol. The molecule has 1 atom stereocenters. The fourth-order valence-corrected chi connectivity index (χ4v) is 3.64. The van der Waals surface area contributed by atoms with Crippen molar-refractivity contribution < 1.29 is 9.53 Å². The molecule has 9 heteroatoms. The van der Waals surface area contributed by atoms with Gasteiger partial charge in [-0.1, -0.05) is 45.4 Å². The number of thioether (sulfide) groups is 1. The van der Waals surface area contributed by atoms with E-state index < -0.39 is 0 Å². The van der Waals surface area contributed by atoms with Crippen molar-refractivity contribution >= 4 is 50.9 Å². The van der Waals surface area contributed by atoms with Gasteiger partial charge in [0.15, 0.2) is 17.1 Å². The average Bonchev–Trinajstić information content (AvgIpc) is 3.02. The van der Waals surface area contributed by atoms with E-state index in [0.717, 1.165) is 10.2 Å². The Morgan fingerprint density at radius 2 is 2.04 bits per heavy atom. The molecular formula is C19H18BrClN4O2S. The fraction of sp³-hybridized carbons (Fsp3) is 0.211. The molecule has 1 unspecified atom stereocenters. The Morgan fingerprint density at radius 3 is 2.75 bits per heavy atom. The number of hydrogen-bond donors (Lipinski definition) is 1. The average molecular weight is 482 g/mol. The molecule has 1 aromatic heterocycles. The summed E-state index contributed by atoms with van der Waals surface area (Å²) < 4.78 is 8.74. The van der Waals surface area contributed by atoms with Crippen LogP contribution in [0.25, 0.3) is 0 Å². The second-order valence-corrected chi connectivity index (χ2v) is 8.26. The zero-order chi connectivity index (χ0) is 20.1. The number of hydrogen-bond acceptors (Lipinski definition) is 5. The summed E-state index contributed by atoms with van der Waals surface area (Å²) in [6, 6.07) is 14.6. The molecule has 0 spiro atoms. The van der Waals surface area contributed by atoms with E-state index in [0.29, 0.717) is 21.7 Å². The number of ether oxygens (including phenoxy) is 1. The molecule has 6 nitrogen and oxygen atoms in total. The Morgan fingerprint density at radius 1 is 1.29 bits per heavy atom. The lowest BCUT2D eigenvalue weighted by atomic mass is 10.3. The largest absolute Gasteiger partial charge is 0.483 e. The zero-order valence-corrected chi connectivity index (χ0v) is 18.4. The van der Waals surface area contributed by atoms with Crippen molar-refractivity contribution in [3.05, 3.63) is 63.9 Å². The van der Waals surface area contributed by atoms with Gasteiger partial charge in [0, 0.05) is 22.2 Å². The maximum Gasteiger partial charge on any atom is 0.234 e. The molecule has 146 valence electrons. The number of halogens is 2. The van der Waals surface area contributed by atoms with Gasteiger partial charge in [0.05, 0.1) is 5.75 Å². The molecule has 0 bridgehead atoms. The number of nitrogens with one attached hydrogen (secondary N) is 1. The Balaban J connectivity index is 1.57. The third-order valence-corrected chi connectivity index (χ3v) is 5.58. The van der Waals surface area contributed by atoms with E-state index in [1.54, 1.807) is 24.3 Å². The van der Waals surface area contributed by atoms with Crippen LogP contribution >= 0.6 is 39.3 Å². The molecule has 3 rings (SSSR count). The molecule has 0 saturated heterocycles. The SMILES string of the molecule is CC(Oc1ccc(Br)cc1)c1nnc(SCC(=O)Nc2cccc(Cl)c2)n1C. The second kappa shape index (κ2) is 9.45. The van der Waals surface area contributed by atoms with Crippen LogP contribution in [0, 0.1) is 0 Å². The van der Waals surface area contributed by atoms with Gasteiger partial charge >= 0.3 is 0 Å². The minimum Gasteiger partial charge on any atom is -0.483 e. The van der Waals surface area contributed by atoms with Crippen molar-refractivity contribution in [3.63, 3.8) is 0 Å². The van der Waals surface area contributed by atoms with Crippen molar-refractivity contribution in [2.24, 2.45) is 7.05 Å². The highest BCUT2D eigenvalue weighted by atomic mass is 79.9. The van der Waals surface area contributed by atoms with Crippen molar-refractivity contribution in [1.29, 1.82) is 0 Å². The predicted octanol–water partition coefficient (Wildman–Crippen LogP) is 5.10. The van der Waals surface area contributed by atoms with Crippen LogP contribution in [0.4, 0.5) is 5.69 Å². The van der Waals surface area contributed by atoms with E-state index in [1.165, 1.54) is 11.8 Å². The second-order valence-electron chi connectivity index (χ2n) is 5.96. The summed E-state index contributed by atoms with van der Waals surface area (Å²) in [6.07, 6.45) is -0.284. The molecule has 0 saturated carbocycles. The normalized spacial score (nSPS) is 11.9. The summed E-state index contributed by atoms with van der Waals surface area (Å²) in [6.45, 7) is 1.91. The highest BCUT2D eigenvalue weighted by Gasteiger charge is 2.18. The Kier molecular flexibility index (Phi) is 6.98. The van der Waals surface area contributed by atoms with Gasteiger partial charge in [0.1, 0.15) is 5.75 Å². The number of aromatic nitrogens is 3. The number of benzene rings is 2. The minimum atomic E-state index is -0.284. The number of nitrogens with zero attached hydrogens (tertiary/aromatic N) is 3. The molecule has 3 aromatic rings. The van der Waals surface area contributed by atoms with Gasteiger partial charge in [-0.25, -0.2) is 0 Å². The van der Waals surface area contributed by atoms with E-state index >= 15 is 0 Å². The number of amides is 1. The van der Waals surface area contributed by atoms with E-state index in [4.69, 9.17) is 16.3 Å². The van der Waals surface area contributed by atoms with Crippen LogP contribution < -0.4 is 10.1 Å². The Hall–Kier alpha value is -2.03. The summed E-state index contributed by atoms with van der Waals surface area (Å²) in [5, 5.41) is 12.4. The smallest absolute Gasteiger partial charge is 0.234 e. The highest BCUT2D eigenvalue weighted by Crippen LogP contribution is 2.25. The van der Waals surface area contributed by atoms with Gasteiger partial charge < -0.3 is 14.6 Å². The summed E-state index contributed by atoms with van der Waals surface area (Å²) >= 11 is 10.6. The Labute approximate surface area is 180 Å². The van der Waals surface area contributed by atoms with Gasteiger partial charge in [0.25, 0.3) is 0 Å². The van der Waals surface area contributed by atoms with Crippen molar-refractivity contribution in [2.45, 2.75) is 18.2 Å². The van der Waals surface area contributed by atoms with Crippen LogP contribution in [0.15, 0.2) is 58.2 Å². The van der Waals surface area contributed by atoms with Crippen molar-refractivity contribution in [3.8, 4) is 5.75 Å². The third-order valence-electron chi connectivity index (χ3n) is 3.80. The molecule has 2 aromatic carbocycles. The number of anilines is 1. The van der Waals surface area contributed by atoms with Crippen LogP contribution in [0.2, 0.25) is 5.02 Å². The molecule has 1 N–H and O–H groups in total. The molecular weight excluding hydrogens is 464 g/mol. The lowest BCUT2D eigenvalue weighted by Crippen LogP contribution is -2.14. The van der Waals surface area contributed by atoms with Crippen LogP contribution in [0.1, 0.15) is 18.9 Å². The predicted molar refractivity (Wildman–Crippen MR) is 115 cm³/mol. The number of carbonyl (C=O) groups excluding carboxylic acids is 1. The zero-order valence-electron chi connectivity index (χ0n) is 15.2. The summed E-state index contributed by atoms with van der Waals surface area (Å²) in [4.78, 5) is 12.2. The maximum atomic E-state index is 12.2. The summed E-state index contributed by atoms with van der Waals surface area (Å²) in [5.74, 6) is 1.49. The molecule has 1 heterocycles. The quantitative estimate of drug-likeness (QED) is 0.475. The summed E-state index contributed by atoms with van der Waals surface area (Å²) in [7, 11) is 1.86. The molecule has 0 aliphatic heterocycles. The van der Waals surface area contributed by atoms with Gasteiger partial charge in [-0.2, -0.15) is 0 Å². The van der Waals surface area contributed by atoms with Gasteiger partial charge in [-0.15, -0.1) is 10.2 Å². The first-order chi connectivity index (χ1) is 13.4. The fourth-order valence-electron chi connectivity index (χ4n) is 2.47. The lowest BCUT2D eigenvalue weighted by molar-refractivity contribution is -0.113. The first-order valence-corrected chi connectivity index (χ1v) is 10.6. The topological polar surface area (TPSA) is 69.0 Å². The van der Waals surface area contributed by atoms with Crippen LogP contribution in [-0.2, 0) is 11.8 Å². The van der Waals surface area contributed by atoms with Crippen molar-refractivity contribution in [2.75, 3.05) is 11.1 Å². The first-order valence-electron chi connectivity index (χ1n) is 8.42. The Bertz CT molecular complexity index is 965. The van der Waals surface area contributed by atoms with Gasteiger partial charge in [0.2, 0.25) is 5.91 Å². The molecule has 28 heavy (non-hydrogen) atoms. The summed E-state index contributed by atoms with van der Waals surface area (Å²) in [5.41, 5.74) is 0.660. The molecule has 1 amide bonds. The van der Waals surface area contributed by atoms with Gasteiger partial charge in [-0.05, 0) is 49.4 Å². The van der Waals surface area contributed by atoms with E-state index in [-0.39, 0.29) is 17.8 Å². The van der Waals surface area contributed by atoms with Crippen LogP contribution in [-0.4, -0.2) is 26.4 Å². The van der Waals surface area contributed by atoms with Crippen LogP contribution in [0.3, 0.4) is 0 Å². The first kappa shape index (κ1) is 20.7. The number of carbonyl (C=O) groups is 1. The van der Waals surface area contributed by atoms with E-state index in [9.17, 15) is 4.79 Å². The van der Waals surface area contributed by atoms with E-state index in [2.05, 4.69) is 31.4 Å². The highest BCUT2D eigenvalue weighted by molar-refractivity contribution is 9.10. The molecule has 0 fully saturated rings. The van der Waals surface area contributed by atoms with E-state index in [1.807, 2.05) is 42.8 Å². The maximum absolute atomic E-state index is 12.2. The van der Waals surface area contributed by atoms with Gasteiger partial charge in [-0.3, -0.25) is 4.79 Å². The minimum absolute atomic E-state index is 0.143. The number of rotatable bonds is 7. The molecule has 0 radical (unpaired) electrons. The van der Waals surface area contributed by atoms with Crippen molar-refractivity contribution in [1.82, 2.24) is 14.8 Å². The molecule has 0 aliphatic carbocycles.